The molecule has 0 amide bonds. The number of aromatic nitrogens is 2. The van der Waals surface area contributed by atoms with Crippen molar-refractivity contribution in [2.45, 2.75) is 45.4 Å². The maximum Gasteiger partial charge on any atom is 0.193 e. The molecule has 18 heavy (non-hydrogen) atoms. The monoisotopic (exact) mass is 262 g/mol. The molecule has 1 fully saturated rings. The summed E-state index contributed by atoms with van der Waals surface area (Å²) in [5.41, 5.74) is 0.814. The third-order valence-electron chi connectivity index (χ3n) is 4.12. The van der Waals surface area contributed by atoms with Gasteiger partial charge in [0, 0.05) is 23.2 Å². The summed E-state index contributed by atoms with van der Waals surface area (Å²) in [5.74, 6) is 0.368. The quantitative estimate of drug-likeness (QED) is 0.848. The lowest BCUT2D eigenvalue weighted by atomic mass is 9.72. The van der Waals surface area contributed by atoms with Crippen molar-refractivity contribution >= 4 is 22.1 Å². The molecule has 0 unspecified atom stereocenters. The molecule has 3 nitrogen and oxygen atoms in total. The van der Waals surface area contributed by atoms with E-state index in [2.05, 4.69) is 11.9 Å². The van der Waals surface area contributed by atoms with E-state index in [0.717, 1.165) is 23.5 Å². The minimum atomic E-state index is -0.102. The average molecular weight is 262 g/mol. The molecule has 96 valence electrons. The van der Waals surface area contributed by atoms with Gasteiger partial charge < -0.3 is 0 Å². The summed E-state index contributed by atoms with van der Waals surface area (Å²) in [6.45, 7) is 2.13. The normalized spacial score (nSPS) is 19.2. The van der Waals surface area contributed by atoms with Crippen molar-refractivity contribution in [3.8, 4) is 0 Å². The van der Waals surface area contributed by atoms with Crippen molar-refractivity contribution in [2.24, 2.45) is 5.41 Å². The van der Waals surface area contributed by atoms with Crippen LogP contribution < -0.4 is 0 Å². The Labute approximate surface area is 111 Å². The van der Waals surface area contributed by atoms with Crippen molar-refractivity contribution in [2.75, 3.05) is 0 Å². The number of hydrogen-bond donors (Lipinski definition) is 0. The first-order valence-corrected chi connectivity index (χ1v) is 7.50. The van der Waals surface area contributed by atoms with Gasteiger partial charge in [-0.1, -0.05) is 26.2 Å². The average Bonchev–Trinajstić information content (AvgIpc) is 2.90. The molecule has 2 heterocycles. The van der Waals surface area contributed by atoms with Crippen molar-refractivity contribution in [3.63, 3.8) is 0 Å². The molecule has 4 heteroatoms. The number of thiazole rings is 1. The number of nitrogens with zero attached hydrogens (tertiary/aromatic N) is 2. The smallest absolute Gasteiger partial charge is 0.193 e. The molecule has 0 aromatic carbocycles. The van der Waals surface area contributed by atoms with Gasteiger partial charge in [-0.3, -0.25) is 9.20 Å². The van der Waals surface area contributed by atoms with Gasteiger partial charge >= 0.3 is 0 Å². The van der Waals surface area contributed by atoms with Crippen molar-refractivity contribution in [1.82, 2.24) is 9.38 Å². The molecule has 1 aliphatic carbocycles. The minimum absolute atomic E-state index is 0.102. The second-order valence-corrected chi connectivity index (χ2v) is 6.42. The van der Waals surface area contributed by atoms with E-state index in [1.54, 1.807) is 11.3 Å². The SMILES string of the molecule is CC1(C(=O)Cc2cn3ccsc3n2)CCCCC1. The van der Waals surface area contributed by atoms with E-state index < -0.39 is 0 Å². The first-order valence-electron chi connectivity index (χ1n) is 6.62. The van der Waals surface area contributed by atoms with Crippen LogP contribution in [-0.4, -0.2) is 15.2 Å². The van der Waals surface area contributed by atoms with E-state index in [1.165, 1.54) is 19.3 Å². The Morgan fingerprint density at radius 2 is 2.22 bits per heavy atom. The summed E-state index contributed by atoms with van der Waals surface area (Å²) in [7, 11) is 0. The highest BCUT2D eigenvalue weighted by atomic mass is 32.1. The van der Waals surface area contributed by atoms with Crippen LogP contribution in [0.2, 0.25) is 0 Å². The summed E-state index contributed by atoms with van der Waals surface area (Å²) < 4.78 is 2.00. The van der Waals surface area contributed by atoms with Crippen LogP contribution in [0, 0.1) is 5.41 Å². The summed E-state index contributed by atoms with van der Waals surface area (Å²) >= 11 is 1.61. The number of rotatable bonds is 3. The van der Waals surface area contributed by atoms with Crippen molar-refractivity contribution in [3.05, 3.63) is 23.5 Å². The third-order valence-corrected chi connectivity index (χ3v) is 4.89. The van der Waals surface area contributed by atoms with Gasteiger partial charge in [0.25, 0.3) is 0 Å². The summed E-state index contributed by atoms with van der Waals surface area (Å²) in [6, 6.07) is 0. The van der Waals surface area contributed by atoms with Crippen LogP contribution in [0.3, 0.4) is 0 Å². The number of imidazole rings is 1. The zero-order valence-corrected chi connectivity index (χ0v) is 11.5. The first-order chi connectivity index (χ1) is 8.67. The van der Waals surface area contributed by atoms with Crippen LogP contribution >= 0.6 is 11.3 Å². The molecule has 0 spiro atoms. The van der Waals surface area contributed by atoms with Gasteiger partial charge in [0.1, 0.15) is 5.78 Å². The van der Waals surface area contributed by atoms with E-state index in [9.17, 15) is 4.79 Å². The van der Waals surface area contributed by atoms with E-state index in [1.807, 2.05) is 22.2 Å². The predicted octanol–water partition coefficient (Wildman–Crippen LogP) is 3.48. The molecular formula is C14H18N2OS. The molecule has 0 atom stereocenters. The number of carbonyl (C=O) groups excluding carboxylic acids is 1. The largest absolute Gasteiger partial charge is 0.299 e. The molecule has 1 aliphatic rings. The maximum absolute atomic E-state index is 12.4. The molecule has 0 bridgehead atoms. The lowest BCUT2D eigenvalue weighted by Gasteiger charge is -2.31. The number of ketones is 1. The Morgan fingerprint density at radius 3 is 2.94 bits per heavy atom. The molecule has 3 rings (SSSR count). The van der Waals surface area contributed by atoms with E-state index in [0.29, 0.717) is 12.2 Å². The van der Waals surface area contributed by atoms with Crippen LogP contribution in [-0.2, 0) is 11.2 Å². The molecule has 2 aromatic heterocycles. The molecule has 1 saturated carbocycles. The Balaban J connectivity index is 1.75. The van der Waals surface area contributed by atoms with Gasteiger partial charge in [0.15, 0.2) is 4.96 Å². The van der Waals surface area contributed by atoms with Crippen molar-refractivity contribution in [1.29, 1.82) is 0 Å². The zero-order chi connectivity index (χ0) is 12.6. The number of carbonyl (C=O) groups is 1. The van der Waals surface area contributed by atoms with E-state index in [-0.39, 0.29) is 5.41 Å². The molecular weight excluding hydrogens is 244 g/mol. The van der Waals surface area contributed by atoms with Crippen molar-refractivity contribution < 1.29 is 4.79 Å². The highest BCUT2D eigenvalue weighted by molar-refractivity contribution is 7.15. The Bertz CT molecular complexity index is 535. The number of hydrogen-bond acceptors (Lipinski definition) is 3. The van der Waals surface area contributed by atoms with Gasteiger partial charge in [-0.25, -0.2) is 4.98 Å². The van der Waals surface area contributed by atoms with Crippen LogP contribution in [0.15, 0.2) is 17.8 Å². The van der Waals surface area contributed by atoms with Gasteiger partial charge in [-0.05, 0) is 12.8 Å². The highest BCUT2D eigenvalue weighted by Crippen LogP contribution is 2.37. The Hall–Kier alpha value is -1.16. The summed E-state index contributed by atoms with van der Waals surface area (Å²) in [5, 5.41) is 2.01. The highest BCUT2D eigenvalue weighted by Gasteiger charge is 2.34. The van der Waals surface area contributed by atoms with Crippen LogP contribution in [0.4, 0.5) is 0 Å². The first kappa shape index (κ1) is 11.9. The van der Waals surface area contributed by atoms with Crippen LogP contribution in [0.25, 0.3) is 4.96 Å². The molecule has 0 N–H and O–H groups in total. The minimum Gasteiger partial charge on any atom is -0.299 e. The fourth-order valence-corrected chi connectivity index (χ4v) is 3.57. The van der Waals surface area contributed by atoms with E-state index in [4.69, 9.17) is 0 Å². The molecule has 0 aliphatic heterocycles. The fraction of sp³-hybridized carbons (Fsp3) is 0.571. The van der Waals surface area contributed by atoms with Gasteiger partial charge in [0.05, 0.1) is 12.1 Å². The lowest BCUT2D eigenvalue weighted by Crippen LogP contribution is -2.31. The second-order valence-electron chi connectivity index (χ2n) is 5.55. The predicted molar refractivity (Wildman–Crippen MR) is 73.0 cm³/mol. The topological polar surface area (TPSA) is 34.4 Å². The zero-order valence-electron chi connectivity index (χ0n) is 10.7. The number of Topliss-reactive ketones (excluding diaryl/α,β-unsaturated/α-hetero) is 1. The number of fused-ring (bicyclic) bond motifs is 1. The lowest BCUT2D eigenvalue weighted by molar-refractivity contribution is -0.128. The van der Waals surface area contributed by atoms with E-state index >= 15 is 0 Å². The third kappa shape index (κ3) is 2.09. The summed E-state index contributed by atoms with van der Waals surface area (Å²) in [6.07, 6.45) is 10.2. The molecule has 2 aromatic rings. The fourth-order valence-electron chi connectivity index (χ4n) is 2.85. The Kier molecular flexibility index (Phi) is 2.98. The molecule has 0 saturated heterocycles. The van der Waals surface area contributed by atoms with Gasteiger partial charge in [0.2, 0.25) is 0 Å². The van der Waals surface area contributed by atoms with Gasteiger partial charge in [-0.2, -0.15) is 0 Å². The maximum atomic E-state index is 12.4. The summed E-state index contributed by atoms with van der Waals surface area (Å²) in [4.78, 5) is 17.9. The second kappa shape index (κ2) is 4.50. The van der Waals surface area contributed by atoms with Gasteiger partial charge in [-0.15, -0.1) is 11.3 Å². The molecule has 0 radical (unpaired) electrons. The standard InChI is InChI=1S/C14H18N2OS/c1-14(5-3-2-4-6-14)12(17)9-11-10-16-7-8-18-13(16)15-11/h7-8,10H,2-6,9H2,1H3. The van der Waals surface area contributed by atoms with Crippen LogP contribution in [0.5, 0.6) is 0 Å². The van der Waals surface area contributed by atoms with Crippen LogP contribution in [0.1, 0.15) is 44.7 Å². The Morgan fingerprint density at radius 1 is 1.44 bits per heavy atom.